The van der Waals surface area contributed by atoms with Crippen LogP contribution < -0.4 is 10.1 Å². The SMILES string of the molecule is CCC1OCCCC1C(=O)NCc1ccc(C)c(OC)c1. The lowest BCUT2D eigenvalue weighted by molar-refractivity contribution is -0.134. The van der Waals surface area contributed by atoms with Gasteiger partial charge in [0.05, 0.1) is 19.1 Å². The fraction of sp³-hybridized carbons (Fsp3) is 0.588. The first-order chi connectivity index (χ1) is 10.2. The van der Waals surface area contributed by atoms with Crippen molar-refractivity contribution in [2.45, 2.75) is 45.8 Å². The molecule has 1 aromatic carbocycles. The maximum Gasteiger partial charge on any atom is 0.225 e. The fourth-order valence-corrected chi connectivity index (χ4v) is 2.84. The molecule has 4 heteroatoms. The summed E-state index contributed by atoms with van der Waals surface area (Å²) in [5.41, 5.74) is 2.15. The highest BCUT2D eigenvalue weighted by atomic mass is 16.5. The number of hydrogen-bond acceptors (Lipinski definition) is 3. The van der Waals surface area contributed by atoms with Crippen LogP contribution in [0, 0.1) is 12.8 Å². The molecule has 0 saturated carbocycles. The van der Waals surface area contributed by atoms with Crippen LogP contribution in [0.2, 0.25) is 0 Å². The molecule has 0 aliphatic carbocycles. The van der Waals surface area contributed by atoms with Crippen molar-refractivity contribution in [2.24, 2.45) is 5.92 Å². The Morgan fingerprint density at radius 1 is 1.48 bits per heavy atom. The molecule has 0 bridgehead atoms. The first kappa shape index (κ1) is 15.8. The Morgan fingerprint density at radius 2 is 2.29 bits per heavy atom. The van der Waals surface area contributed by atoms with Crippen molar-refractivity contribution in [1.82, 2.24) is 5.32 Å². The summed E-state index contributed by atoms with van der Waals surface area (Å²) in [6, 6.07) is 6.01. The lowest BCUT2D eigenvalue weighted by Crippen LogP contribution is -2.41. The van der Waals surface area contributed by atoms with E-state index < -0.39 is 0 Å². The highest BCUT2D eigenvalue weighted by molar-refractivity contribution is 5.79. The number of hydrogen-bond donors (Lipinski definition) is 1. The summed E-state index contributed by atoms with van der Waals surface area (Å²) in [5, 5.41) is 3.03. The molecule has 1 aliphatic heterocycles. The highest BCUT2D eigenvalue weighted by Gasteiger charge is 2.30. The summed E-state index contributed by atoms with van der Waals surface area (Å²) in [7, 11) is 1.66. The van der Waals surface area contributed by atoms with Crippen LogP contribution in [0.25, 0.3) is 0 Å². The molecule has 1 saturated heterocycles. The zero-order valence-electron chi connectivity index (χ0n) is 13.1. The van der Waals surface area contributed by atoms with E-state index in [4.69, 9.17) is 9.47 Å². The molecule has 4 nitrogen and oxygen atoms in total. The predicted octanol–water partition coefficient (Wildman–Crippen LogP) is 2.83. The second-order valence-corrected chi connectivity index (χ2v) is 5.59. The van der Waals surface area contributed by atoms with Gasteiger partial charge >= 0.3 is 0 Å². The van der Waals surface area contributed by atoms with E-state index in [0.717, 1.165) is 42.7 Å². The largest absolute Gasteiger partial charge is 0.496 e. The molecule has 1 fully saturated rings. The van der Waals surface area contributed by atoms with Crippen molar-refractivity contribution in [3.05, 3.63) is 29.3 Å². The molecular formula is C17H25NO3. The number of benzene rings is 1. The third-order valence-corrected chi connectivity index (χ3v) is 4.12. The van der Waals surface area contributed by atoms with Gasteiger partial charge in [-0.05, 0) is 43.4 Å². The number of methoxy groups -OCH3 is 1. The van der Waals surface area contributed by atoms with Crippen molar-refractivity contribution >= 4 is 5.91 Å². The van der Waals surface area contributed by atoms with Gasteiger partial charge in [-0.25, -0.2) is 0 Å². The van der Waals surface area contributed by atoms with E-state index in [-0.39, 0.29) is 17.9 Å². The number of rotatable bonds is 5. The van der Waals surface area contributed by atoms with Gasteiger partial charge in [0.15, 0.2) is 0 Å². The maximum atomic E-state index is 12.3. The molecule has 0 spiro atoms. The van der Waals surface area contributed by atoms with E-state index in [1.165, 1.54) is 0 Å². The summed E-state index contributed by atoms with van der Waals surface area (Å²) >= 11 is 0. The predicted molar refractivity (Wildman–Crippen MR) is 82.3 cm³/mol. The van der Waals surface area contributed by atoms with Crippen LogP contribution in [0.15, 0.2) is 18.2 Å². The number of ether oxygens (including phenoxy) is 2. The molecular weight excluding hydrogens is 266 g/mol. The van der Waals surface area contributed by atoms with Crippen LogP contribution in [-0.2, 0) is 16.1 Å². The standard InChI is InChI=1S/C17H25NO3/c1-4-15-14(6-5-9-21-15)17(19)18-11-13-8-7-12(2)16(10-13)20-3/h7-8,10,14-15H,4-6,9,11H2,1-3H3,(H,18,19). The third kappa shape index (κ3) is 3.97. The quantitative estimate of drug-likeness (QED) is 0.907. The second kappa shape index (κ2) is 7.46. The number of carbonyl (C=O) groups excluding carboxylic acids is 1. The van der Waals surface area contributed by atoms with Crippen molar-refractivity contribution in [1.29, 1.82) is 0 Å². The van der Waals surface area contributed by atoms with Crippen LogP contribution in [-0.4, -0.2) is 25.7 Å². The van der Waals surface area contributed by atoms with Gasteiger partial charge in [-0.15, -0.1) is 0 Å². The van der Waals surface area contributed by atoms with Gasteiger partial charge in [-0.1, -0.05) is 19.1 Å². The van der Waals surface area contributed by atoms with Crippen LogP contribution in [0.4, 0.5) is 0 Å². The first-order valence-electron chi connectivity index (χ1n) is 7.68. The lowest BCUT2D eigenvalue weighted by Gasteiger charge is -2.30. The van der Waals surface area contributed by atoms with Gasteiger partial charge in [0.25, 0.3) is 0 Å². The van der Waals surface area contributed by atoms with E-state index in [1.54, 1.807) is 7.11 Å². The molecule has 0 radical (unpaired) electrons. The van der Waals surface area contributed by atoms with Crippen LogP contribution in [0.3, 0.4) is 0 Å². The Balaban J connectivity index is 1.94. The monoisotopic (exact) mass is 291 g/mol. The van der Waals surface area contributed by atoms with Crippen LogP contribution in [0.5, 0.6) is 5.75 Å². The Hall–Kier alpha value is -1.55. The highest BCUT2D eigenvalue weighted by Crippen LogP contribution is 2.24. The molecule has 2 atom stereocenters. The van der Waals surface area contributed by atoms with E-state index in [2.05, 4.69) is 12.2 Å². The molecule has 1 aliphatic rings. The van der Waals surface area contributed by atoms with Gasteiger partial charge < -0.3 is 14.8 Å². The van der Waals surface area contributed by atoms with Gasteiger partial charge in [-0.3, -0.25) is 4.79 Å². The topological polar surface area (TPSA) is 47.6 Å². The van der Waals surface area contributed by atoms with Crippen molar-refractivity contribution in [3.63, 3.8) is 0 Å². The number of aryl methyl sites for hydroxylation is 1. The van der Waals surface area contributed by atoms with Gasteiger partial charge in [0.2, 0.25) is 5.91 Å². The van der Waals surface area contributed by atoms with Crippen molar-refractivity contribution in [2.75, 3.05) is 13.7 Å². The third-order valence-electron chi connectivity index (χ3n) is 4.12. The van der Waals surface area contributed by atoms with E-state index in [0.29, 0.717) is 6.54 Å². The summed E-state index contributed by atoms with van der Waals surface area (Å²) < 4.78 is 11.0. The molecule has 0 aromatic heterocycles. The summed E-state index contributed by atoms with van der Waals surface area (Å²) in [5.74, 6) is 0.936. The van der Waals surface area contributed by atoms with Gasteiger partial charge in [0, 0.05) is 13.2 Å². The lowest BCUT2D eigenvalue weighted by atomic mass is 9.92. The van der Waals surface area contributed by atoms with Crippen LogP contribution in [0.1, 0.15) is 37.3 Å². The number of amides is 1. The Morgan fingerprint density at radius 3 is 3.00 bits per heavy atom. The van der Waals surface area contributed by atoms with E-state index in [9.17, 15) is 4.79 Å². The fourth-order valence-electron chi connectivity index (χ4n) is 2.84. The molecule has 2 rings (SSSR count). The molecule has 1 heterocycles. The Kier molecular flexibility index (Phi) is 5.62. The molecule has 116 valence electrons. The summed E-state index contributed by atoms with van der Waals surface area (Å²) in [6.07, 6.45) is 2.83. The molecule has 1 aromatic rings. The summed E-state index contributed by atoms with van der Waals surface area (Å²) in [4.78, 5) is 12.3. The summed E-state index contributed by atoms with van der Waals surface area (Å²) in [6.45, 7) is 5.38. The molecule has 1 N–H and O–H groups in total. The van der Waals surface area contributed by atoms with Crippen LogP contribution >= 0.6 is 0 Å². The first-order valence-corrected chi connectivity index (χ1v) is 7.68. The minimum Gasteiger partial charge on any atom is -0.496 e. The smallest absolute Gasteiger partial charge is 0.225 e. The van der Waals surface area contributed by atoms with Gasteiger partial charge in [0.1, 0.15) is 5.75 Å². The van der Waals surface area contributed by atoms with E-state index in [1.807, 2.05) is 25.1 Å². The van der Waals surface area contributed by atoms with Crippen molar-refractivity contribution < 1.29 is 14.3 Å². The minimum atomic E-state index is -0.0175. The zero-order valence-corrected chi connectivity index (χ0v) is 13.1. The zero-order chi connectivity index (χ0) is 15.2. The molecule has 2 unspecified atom stereocenters. The number of nitrogens with one attached hydrogen (secondary N) is 1. The number of carbonyl (C=O) groups is 1. The normalized spacial score (nSPS) is 21.9. The Labute approximate surface area is 126 Å². The van der Waals surface area contributed by atoms with E-state index >= 15 is 0 Å². The Bertz CT molecular complexity index is 487. The van der Waals surface area contributed by atoms with Crippen molar-refractivity contribution in [3.8, 4) is 5.75 Å². The minimum absolute atomic E-state index is 0.0175. The maximum absolute atomic E-state index is 12.3. The second-order valence-electron chi connectivity index (χ2n) is 5.59. The van der Waals surface area contributed by atoms with Gasteiger partial charge in [-0.2, -0.15) is 0 Å². The molecule has 1 amide bonds. The molecule has 21 heavy (non-hydrogen) atoms. The average Bonchev–Trinajstić information content (AvgIpc) is 2.53. The average molecular weight is 291 g/mol.